The molecule has 0 spiro atoms. The number of carbonyl (C=O) groups excluding carboxylic acids is 1. The molecule has 1 aliphatic rings. The molecule has 0 saturated carbocycles. The van der Waals surface area contributed by atoms with Crippen LogP contribution in [-0.4, -0.2) is 71.8 Å². The first kappa shape index (κ1) is 23.1. The van der Waals surface area contributed by atoms with Gasteiger partial charge in [0, 0.05) is 26.2 Å². The summed E-state index contributed by atoms with van der Waals surface area (Å²) in [4.78, 5) is 15.0. The number of para-hydroxylation sites is 2. The van der Waals surface area contributed by atoms with Gasteiger partial charge in [0.1, 0.15) is 12.3 Å². The lowest BCUT2D eigenvalue weighted by Gasteiger charge is -2.27. The van der Waals surface area contributed by atoms with Crippen molar-refractivity contribution in [3.05, 3.63) is 54.6 Å². The highest BCUT2D eigenvalue weighted by molar-refractivity contribution is 7.92. The molecule has 0 radical (unpaired) electrons. The monoisotopic (exact) mass is 447 g/mol. The van der Waals surface area contributed by atoms with Gasteiger partial charge in [-0.25, -0.2) is 8.42 Å². The van der Waals surface area contributed by atoms with E-state index in [1.165, 1.54) is 12.1 Å². The highest BCUT2D eigenvalue weighted by atomic mass is 32.2. The largest absolute Gasteiger partial charge is 0.492 e. The average molecular weight is 448 g/mol. The number of rotatable bonds is 10. The normalized spacial score (nSPS) is 14.7. The van der Waals surface area contributed by atoms with E-state index in [1.807, 2.05) is 6.92 Å². The van der Waals surface area contributed by atoms with E-state index in [0.29, 0.717) is 44.3 Å². The molecule has 2 aromatic carbocycles. The molecule has 0 bridgehead atoms. The lowest BCUT2D eigenvalue weighted by molar-refractivity contribution is -0.119. The standard InChI is InChI=1S/C22H29N3O5S/c1-2-30-21-11-7-6-10-20(21)25(31(27,28)19-8-4-3-5-9-19)18-22(26)23-12-13-24-14-16-29-17-15-24/h3-11H,2,12-18H2,1H3,(H,23,26). The first-order chi connectivity index (χ1) is 15.0. The summed E-state index contributed by atoms with van der Waals surface area (Å²) in [5.41, 5.74) is 0.330. The lowest BCUT2D eigenvalue weighted by atomic mass is 10.3. The van der Waals surface area contributed by atoms with Gasteiger partial charge < -0.3 is 14.8 Å². The van der Waals surface area contributed by atoms with Gasteiger partial charge >= 0.3 is 0 Å². The molecule has 168 valence electrons. The number of hydrogen-bond donors (Lipinski definition) is 1. The maximum absolute atomic E-state index is 13.4. The minimum Gasteiger partial charge on any atom is -0.492 e. The molecule has 1 amide bonds. The molecule has 0 atom stereocenters. The van der Waals surface area contributed by atoms with E-state index in [9.17, 15) is 13.2 Å². The van der Waals surface area contributed by atoms with E-state index >= 15 is 0 Å². The zero-order chi connectivity index (χ0) is 22.1. The minimum atomic E-state index is -3.97. The maximum Gasteiger partial charge on any atom is 0.264 e. The molecule has 3 rings (SSSR count). The number of benzene rings is 2. The van der Waals surface area contributed by atoms with Gasteiger partial charge in [0.2, 0.25) is 5.91 Å². The topological polar surface area (TPSA) is 88.2 Å². The Hall–Kier alpha value is -2.62. The van der Waals surface area contributed by atoms with E-state index in [4.69, 9.17) is 9.47 Å². The van der Waals surface area contributed by atoms with Crippen molar-refractivity contribution in [2.45, 2.75) is 11.8 Å². The first-order valence-electron chi connectivity index (χ1n) is 10.4. The van der Waals surface area contributed by atoms with Crippen molar-refractivity contribution in [2.75, 3.05) is 56.8 Å². The summed E-state index contributed by atoms with van der Waals surface area (Å²) in [6.07, 6.45) is 0. The third-order valence-corrected chi connectivity index (χ3v) is 6.68. The summed E-state index contributed by atoms with van der Waals surface area (Å²) in [6.45, 7) is 6.01. The van der Waals surface area contributed by atoms with Crippen molar-refractivity contribution >= 4 is 21.6 Å². The summed E-state index contributed by atoms with van der Waals surface area (Å²) in [5, 5.41) is 2.84. The minimum absolute atomic E-state index is 0.113. The van der Waals surface area contributed by atoms with Crippen LogP contribution < -0.4 is 14.4 Å². The second-order valence-electron chi connectivity index (χ2n) is 7.03. The number of anilines is 1. The number of hydrogen-bond acceptors (Lipinski definition) is 6. The quantitative estimate of drug-likeness (QED) is 0.597. The first-order valence-corrected chi connectivity index (χ1v) is 11.8. The summed E-state index contributed by atoms with van der Waals surface area (Å²) < 4.78 is 38.9. The Morgan fingerprint density at radius 3 is 2.48 bits per heavy atom. The van der Waals surface area contributed by atoms with E-state index in [1.54, 1.807) is 42.5 Å². The van der Waals surface area contributed by atoms with Crippen molar-refractivity contribution in [3.8, 4) is 5.75 Å². The SMILES string of the molecule is CCOc1ccccc1N(CC(=O)NCCN1CCOCC1)S(=O)(=O)c1ccccc1. The number of ether oxygens (including phenoxy) is 2. The fourth-order valence-electron chi connectivity index (χ4n) is 3.32. The molecule has 0 unspecified atom stereocenters. The average Bonchev–Trinajstić information content (AvgIpc) is 2.79. The molecule has 1 fully saturated rings. The molecule has 9 heteroatoms. The molecule has 1 N–H and O–H groups in total. The van der Waals surface area contributed by atoms with Gasteiger partial charge in [-0.15, -0.1) is 0 Å². The Morgan fingerprint density at radius 1 is 1.10 bits per heavy atom. The summed E-state index contributed by atoms with van der Waals surface area (Å²) in [6, 6.07) is 14.9. The van der Waals surface area contributed by atoms with Crippen LogP contribution in [0.4, 0.5) is 5.69 Å². The molecule has 1 aliphatic heterocycles. The maximum atomic E-state index is 13.4. The fraction of sp³-hybridized carbons (Fsp3) is 0.409. The molecular formula is C22H29N3O5S. The van der Waals surface area contributed by atoms with Crippen LogP contribution in [0.25, 0.3) is 0 Å². The van der Waals surface area contributed by atoms with Crippen molar-refractivity contribution in [1.82, 2.24) is 10.2 Å². The van der Waals surface area contributed by atoms with E-state index in [-0.39, 0.29) is 17.3 Å². The Kier molecular flexibility index (Phi) is 8.27. The van der Waals surface area contributed by atoms with Gasteiger partial charge in [-0.05, 0) is 31.2 Å². The van der Waals surface area contributed by atoms with Gasteiger partial charge in [0.05, 0.1) is 30.4 Å². The number of nitrogens with zero attached hydrogens (tertiary/aromatic N) is 2. The zero-order valence-corrected chi connectivity index (χ0v) is 18.5. The Balaban J connectivity index is 1.78. The molecule has 2 aromatic rings. The third-order valence-electron chi connectivity index (χ3n) is 4.91. The fourth-order valence-corrected chi connectivity index (χ4v) is 4.78. The van der Waals surface area contributed by atoms with Crippen LogP contribution in [0, 0.1) is 0 Å². The van der Waals surface area contributed by atoms with Crippen molar-refractivity contribution in [1.29, 1.82) is 0 Å². The highest BCUT2D eigenvalue weighted by Crippen LogP contribution is 2.32. The lowest BCUT2D eigenvalue weighted by Crippen LogP contribution is -2.45. The van der Waals surface area contributed by atoms with Crippen molar-refractivity contribution in [2.24, 2.45) is 0 Å². The van der Waals surface area contributed by atoms with Gasteiger partial charge in [-0.2, -0.15) is 0 Å². The van der Waals surface area contributed by atoms with Gasteiger partial charge in [0.15, 0.2) is 0 Å². The molecule has 0 aliphatic carbocycles. The summed E-state index contributed by atoms with van der Waals surface area (Å²) >= 11 is 0. The second kappa shape index (κ2) is 11.1. The van der Waals surface area contributed by atoms with E-state index in [2.05, 4.69) is 10.2 Å². The van der Waals surface area contributed by atoms with Crippen molar-refractivity contribution < 1.29 is 22.7 Å². The molecule has 31 heavy (non-hydrogen) atoms. The van der Waals surface area contributed by atoms with Crippen LogP contribution in [-0.2, 0) is 19.6 Å². The van der Waals surface area contributed by atoms with E-state index < -0.39 is 10.0 Å². The van der Waals surface area contributed by atoms with Gasteiger partial charge in [0.25, 0.3) is 10.0 Å². The van der Waals surface area contributed by atoms with Gasteiger partial charge in [-0.1, -0.05) is 30.3 Å². The summed E-state index contributed by atoms with van der Waals surface area (Å²) in [7, 11) is -3.97. The molecular weight excluding hydrogens is 418 g/mol. The number of morpholine rings is 1. The predicted molar refractivity (Wildman–Crippen MR) is 119 cm³/mol. The van der Waals surface area contributed by atoms with Crippen LogP contribution in [0.5, 0.6) is 5.75 Å². The third kappa shape index (κ3) is 6.19. The van der Waals surface area contributed by atoms with Crippen LogP contribution >= 0.6 is 0 Å². The van der Waals surface area contributed by atoms with Crippen molar-refractivity contribution in [3.63, 3.8) is 0 Å². The van der Waals surface area contributed by atoms with E-state index in [0.717, 1.165) is 17.4 Å². The number of nitrogens with one attached hydrogen (secondary N) is 1. The molecule has 1 saturated heterocycles. The molecule has 8 nitrogen and oxygen atoms in total. The smallest absolute Gasteiger partial charge is 0.264 e. The number of amides is 1. The highest BCUT2D eigenvalue weighted by Gasteiger charge is 2.29. The van der Waals surface area contributed by atoms with Crippen LogP contribution in [0.2, 0.25) is 0 Å². The Labute approximate surface area is 183 Å². The number of carbonyl (C=O) groups is 1. The zero-order valence-electron chi connectivity index (χ0n) is 17.7. The second-order valence-corrected chi connectivity index (χ2v) is 8.89. The van der Waals surface area contributed by atoms with Gasteiger partial charge in [-0.3, -0.25) is 14.0 Å². The Morgan fingerprint density at radius 2 is 1.77 bits per heavy atom. The number of sulfonamides is 1. The van der Waals surface area contributed by atoms with Crippen LogP contribution in [0.1, 0.15) is 6.92 Å². The van der Waals surface area contributed by atoms with Crippen LogP contribution in [0.15, 0.2) is 59.5 Å². The molecule has 0 aromatic heterocycles. The molecule has 1 heterocycles. The predicted octanol–water partition coefficient (Wildman–Crippen LogP) is 1.73. The summed E-state index contributed by atoms with van der Waals surface area (Å²) in [5.74, 6) is 0.0321. The van der Waals surface area contributed by atoms with Crippen LogP contribution in [0.3, 0.4) is 0 Å². The Bertz CT molecular complexity index is 947.